The van der Waals surface area contributed by atoms with Crippen molar-refractivity contribution in [3.05, 3.63) is 48.6 Å². The zero-order chi connectivity index (χ0) is 50.5. The van der Waals surface area contributed by atoms with E-state index in [1.165, 1.54) is 77.0 Å². The third kappa shape index (κ3) is 33.5. The summed E-state index contributed by atoms with van der Waals surface area (Å²) < 4.78 is 49.3. The van der Waals surface area contributed by atoms with Crippen LogP contribution in [0.3, 0.4) is 0 Å². The van der Waals surface area contributed by atoms with Gasteiger partial charge in [0.15, 0.2) is 6.10 Å². The smallest absolute Gasteiger partial charge is 0.462 e. The molecule has 0 spiro atoms. The van der Waals surface area contributed by atoms with Crippen LogP contribution >= 0.6 is 15.6 Å². The summed E-state index contributed by atoms with van der Waals surface area (Å²) in [5, 5.41) is 51.7. The fourth-order valence-corrected chi connectivity index (χ4v) is 9.04. The molecule has 1 rings (SSSR count). The molecule has 0 bridgehead atoms. The van der Waals surface area contributed by atoms with Gasteiger partial charge in [0.25, 0.3) is 0 Å². The molecule has 0 saturated heterocycles. The number of phosphoric ester groups is 2. The quantitative estimate of drug-likeness (QED) is 0.00931. The summed E-state index contributed by atoms with van der Waals surface area (Å²) in [4.78, 5) is 54.4. The van der Waals surface area contributed by atoms with E-state index in [4.69, 9.17) is 18.5 Å². The molecule has 68 heavy (non-hydrogen) atoms. The van der Waals surface area contributed by atoms with E-state index >= 15 is 0 Å². The third-order valence-corrected chi connectivity index (χ3v) is 13.0. The van der Waals surface area contributed by atoms with E-state index in [0.717, 1.165) is 64.2 Å². The number of allylic oxidation sites excluding steroid dienone is 7. The average Bonchev–Trinajstić information content (AvgIpc) is 3.29. The molecular formula is C49H88O17P2. The van der Waals surface area contributed by atoms with Crippen LogP contribution in [0.2, 0.25) is 0 Å². The second kappa shape index (κ2) is 39.5. The van der Waals surface area contributed by atoms with Crippen LogP contribution in [-0.2, 0) is 41.8 Å². The highest BCUT2D eigenvalue weighted by atomic mass is 31.2. The first-order valence-corrected chi connectivity index (χ1v) is 28.3. The van der Waals surface area contributed by atoms with Gasteiger partial charge in [-0.05, 0) is 64.2 Å². The Morgan fingerprint density at radius 1 is 0.544 bits per heavy atom. The highest BCUT2D eigenvalue weighted by molar-refractivity contribution is 7.47. The summed E-state index contributed by atoms with van der Waals surface area (Å²) in [5.74, 6) is -1.41. The van der Waals surface area contributed by atoms with Crippen LogP contribution in [0.4, 0.5) is 0 Å². The van der Waals surface area contributed by atoms with Crippen LogP contribution in [0.25, 0.3) is 0 Å². The third-order valence-electron chi connectivity index (χ3n) is 11.5. The molecule has 1 saturated carbocycles. The van der Waals surface area contributed by atoms with Crippen molar-refractivity contribution in [1.82, 2.24) is 0 Å². The number of aliphatic hydroxyl groups is 5. The number of unbranched alkanes of at least 4 members (excludes halogenated alkanes) is 19. The van der Waals surface area contributed by atoms with E-state index < -0.39 is 89.6 Å². The molecule has 8 N–H and O–H groups in total. The number of ether oxygens (including phenoxy) is 2. The highest BCUT2D eigenvalue weighted by Crippen LogP contribution is 2.49. The molecule has 0 aromatic heterocycles. The van der Waals surface area contributed by atoms with Crippen LogP contribution < -0.4 is 0 Å². The van der Waals surface area contributed by atoms with E-state index in [0.29, 0.717) is 6.42 Å². The molecular weight excluding hydrogens is 922 g/mol. The van der Waals surface area contributed by atoms with Crippen molar-refractivity contribution in [2.75, 3.05) is 13.2 Å². The Bertz CT molecular complexity index is 1520. The molecule has 0 aliphatic heterocycles. The molecule has 0 amide bonds. The molecule has 6 unspecified atom stereocenters. The van der Waals surface area contributed by atoms with Crippen LogP contribution in [0, 0.1) is 0 Å². The predicted octanol–water partition coefficient (Wildman–Crippen LogP) is 9.04. The second-order valence-corrected chi connectivity index (χ2v) is 20.3. The first-order valence-electron chi connectivity index (χ1n) is 25.3. The fourth-order valence-electron chi connectivity index (χ4n) is 7.50. The van der Waals surface area contributed by atoms with Gasteiger partial charge in [0.2, 0.25) is 0 Å². The summed E-state index contributed by atoms with van der Waals surface area (Å²) in [5.41, 5.74) is 0. The molecule has 9 atom stereocenters. The number of carbonyl (C=O) groups is 2. The minimum atomic E-state index is -5.39. The van der Waals surface area contributed by atoms with Crippen molar-refractivity contribution in [3.8, 4) is 0 Å². The Labute approximate surface area is 406 Å². The number of esters is 2. The van der Waals surface area contributed by atoms with Gasteiger partial charge in [0.05, 0.1) is 12.7 Å². The van der Waals surface area contributed by atoms with E-state index in [1.807, 2.05) is 12.2 Å². The second-order valence-electron chi connectivity index (χ2n) is 17.7. The normalized spacial score (nSPS) is 22.1. The molecule has 1 aliphatic carbocycles. The van der Waals surface area contributed by atoms with E-state index in [9.17, 15) is 58.9 Å². The standard InChI is InChI=1S/C49H88O17P2/c1-3-5-7-9-11-13-15-17-18-19-20-22-24-26-28-30-32-36-42(51)62-38-41(39-63-68(60,61)66-49-46(55)44(53)45(54)48(47(49)56)65-67(57,58)59)64-43(52)37-33-35-40(50)34-31-29-27-25-23-21-16-14-12-10-8-6-4-2/h17-18,21,23,27,29,31,34,40-41,44-50,53-56H,3-16,19-20,22,24-26,28,30,32-33,35-39H2,1-2H3,(H,60,61)(H2,57,58,59)/b18-17-,23-21+,29-27+,34-31+/t40?,41-,44?,45?,46?,47?,48-,49+/m1/s1. The molecule has 1 fully saturated rings. The number of aliphatic hydroxyl groups excluding tert-OH is 5. The lowest BCUT2D eigenvalue weighted by Crippen LogP contribution is -2.64. The number of phosphoric acid groups is 2. The summed E-state index contributed by atoms with van der Waals surface area (Å²) in [6, 6.07) is 0. The molecule has 19 heteroatoms. The Morgan fingerprint density at radius 2 is 1.03 bits per heavy atom. The van der Waals surface area contributed by atoms with Gasteiger partial charge in [-0.25, -0.2) is 9.13 Å². The monoisotopic (exact) mass is 1010 g/mol. The van der Waals surface area contributed by atoms with Gasteiger partial charge in [0, 0.05) is 12.8 Å². The highest BCUT2D eigenvalue weighted by Gasteiger charge is 2.54. The Balaban J connectivity index is 2.65. The first-order chi connectivity index (χ1) is 32.5. The van der Waals surface area contributed by atoms with Crippen LogP contribution in [0.5, 0.6) is 0 Å². The molecule has 0 radical (unpaired) electrons. The fraction of sp³-hybridized carbons (Fsp3) is 0.796. The van der Waals surface area contributed by atoms with Gasteiger partial charge in [0.1, 0.15) is 43.2 Å². The molecule has 396 valence electrons. The van der Waals surface area contributed by atoms with Gasteiger partial charge in [-0.2, -0.15) is 0 Å². The maximum atomic E-state index is 13.0. The average molecular weight is 1010 g/mol. The molecule has 1 aliphatic rings. The summed E-state index contributed by atoms with van der Waals surface area (Å²) >= 11 is 0. The first kappa shape index (κ1) is 63.9. The van der Waals surface area contributed by atoms with Gasteiger partial charge in [-0.3, -0.25) is 23.2 Å². The summed E-state index contributed by atoms with van der Waals surface area (Å²) in [7, 11) is -10.8. The molecule has 0 aromatic rings. The largest absolute Gasteiger partial charge is 0.472 e. The molecule has 0 aromatic carbocycles. The molecule has 0 heterocycles. The zero-order valence-electron chi connectivity index (χ0n) is 40.9. The van der Waals surface area contributed by atoms with Crippen molar-refractivity contribution in [3.63, 3.8) is 0 Å². The van der Waals surface area contributed by atoms with Crippen molar-refractivity contribution >= 4 is 27.6 Å². The van der Waals surface area contributed by atoms with E-state index in [2.05, 4.69) is 42.7 Å². The van der Waals surface area contributed by atoms with Crippen LogP contribution in [0.1, 0.15) is 187 Å². The predicted molar refractivity (Wildman–Crippen MR) is 261 cm³/mol. The van der Waals surface area contributed by atoms with Gasteiger partial charge < -0.3 is 49.7 Å². The van der Waals surface area contributed by atoms with E-state index in [1.54, 1.807) is 12.2 Å². The lowest BCUT2D eigenvalue weighted by Gasteiger charge is -2.43. The number of hydrogen-bond acceptors (Lipinski definition) is 14. The Kier molecular flexibility index (Phi) is 37.2. The van der Waals surface area contributed by atoms with Crippen LogP contribution in [-0.4, -0.2) is 114 Å². The SMILES string of the molecule is CCCCCCCC/C=C\CCCCCCCCCC(=O)OC[C@H](COP(=O)(O)O[C@H]1C(O)C(O)C(O)[C@@H](OP(=O)(O)O)C1O)OC(=O)CCCC(O)/C=C/C=C/C/C=C/CCCCCCCC. The Hall–Kier alpha value is -2.08. The topological polar surface area (TPSA) is 276 Å². The van der Waals surface area contributed by atoms with Crippen molar-refractivity contribution in [1.29, 1.82) is 0 Å². The van der Waals surface area contributed by atoms with Crippen molar-refractivity contribution < 1.29 is 82.0 Å². The lowest BCUT2D eigenvalue weighted by molar-refractivity contribution is -0.216. The van der Waals surface area contributed by atoms with Crippen molar-refractivity contribution in [2.24, 2.45) is 0 Å². The zero-order valence-corrected chi connectivity index (χ0v) is 42.7. The Morgan fingerprint density at radius 3 is 1.57 bits per heavy atom. The number of rotatable bonds is 42. The summed E-state index contributed by atoms with van der Waals surface area (Å²) in [6.07, 6.45) is 26.5. The minimum absolute atomic E-state index is 0.0760. The number of hydrogen-bond donors (Lipinski definition) is 8. The maximum Gasteiger partial charge on any atom is 0.472 e. The number of carbonyl (C=O) groups excluding carboxylic acids is 2. The van der Waals surface area contributed by atoms with Crippen LogP contribution in [0.15, 0.2) is 48.6 Å². The van der Waals surface area contributed by atoms with Gasteiger partial charge in [-0.15, -0.1) is 0 Å². The summed E-state index contributed by atoms with van der Waals surface area (Å²) in [6.45, 7) is 2.95. The van der Waals surface area contributed by atoms with Gasteiger partial charge in [-0.1, -0.05) is 159 Å². The van der Waals surface area contributed by atoms with Gasteiger partial charge >= 0.3 is 27.6 Å². The lowest BCUT2D eigenvalue weighted by atomic mass is 9.85. The molecule has 17 nitrogen and oxygen atoms in total. The van der Waals surface area contributed by atoms with E-state index in [-0.39, 0.29) is 25.7 Å². The van der Waals surface area contributed by atoms with Crippen molar-refractivity contribution in [2.45, 2.75) is 236 Å². The maximum absolute atomic E-state index is 13.0. The minimum Gasteiger partial charge on any atom is -0.462 e.